The first-order valence-corrected chi connectivity index (χ1v) is 7.06. The van der Waals surface area contributed by atoms with Crippen molar-refractivity contribution in [3.63, 3.8) is 0 Å². The number of benzene rings is 2. The zero-order valence-corrected chi connectivity index (χ0v) is 12.1. The van der Waals surface area contributed by atoms with Crippen LogP contribution in [0.1, 0.15) is 15.9 Å². The first-order valence-electron chi connectivity index (χ1n) is 6.27. The van der Waals surface area contributed by atoms with E-state index in [1.165, 1.54) is 23.8 Å². The van der Waals surface area contributed by atoms with Gasteiger partial charge in [0, 0.05) is 22.3 Å². The van der Waals surface area contributed by atoms with Crippen LogP contribution in [0.3, 0.4) is 0 Å². The summed E-state index contributed by atoms with van der Waals surface area (Å²) in [5.41, 5.74) is 3.36. The fraction of sp³-hybridized carbons (Fsp3) is 0.133. The maximum atomic E-state index is 13.0. The van der Waals surface area contributed by atoms with Crippen molar-refractivity contribution in [1.82, 2.24) is 0 Å². The van der Waals surface area contributed by atoms with E-state index in [2.05, 4.69) is 26.6 Å². The Morgan fingerprint density at radius 2 is 2.10 bits per heavy atom. The molecule has 0 atom stereocenters. The van der Waals surface area contributed by atoms with Gasteiger partial charge in [0.25, 0.3) is 5.91 Å². The van der Waals surface area contributed by atoms with Crippen LogP contribution in [0.25, 0.3) is 0 Å². The summed E-state index contributed by atoms with van der Waals surface area (Å²) < 4.78 is 13.5. The summed E-state index contributed by atoms with van der Waals surface area (Å²) in [6, 6.07) is 9.77. The number of hydrogen-bond donors (Lipinski definition) is 2. The molecule has 2 aromatic carbocycles. The molecule has 1 amide bonds. The largest absolute Gasteiger partial charge is 0.384 e. The maximum absolute atomic E-state index is 13.0. The minimum atomic E-state index is -0.350. The lowest BCUT2D eigenvalue weighted by atomic mass is 10.1. The molecule has 0 saturated carbocycles. The Balaban J connectivity index is 1.82. The molecule has 0 bridgehead atoms. The second-order valence-electron chi connectivity index (χ2n) is 4.63. The molecule has 102 valence electrons. The van der Waals surface area contributed by atoms with Crippen molar-refractivity contribution in [2.24, 2.45) is 0 Å². The Morgan fingerprint density at radius 1 is 1.25 bits per heavy atom. The van der Waals surface area contributed by atoms with E-state index >= 15 is 0 Å². The molecular weight excluding hydrogens is 323 g/mol. The first-order chi connectivity index (χ1) is 9.63. The van der Waals surface area contributed by atoms with Gasteiger partial charge < -0.3 is 10.6 Å². The fourth-order valence-electron chi connectivity index (χ4n) is 2.22. The number of hydrogen-bond acceptors (Lipinski definition) is 2. The monoisotopic (exact) mass is 334 g/mol. The summed E-state index contributed by atoms with van der Waals surface area (Å²) in [5.74, 6) is -0.564. The number of halogens is 2. The summed E-state index contributed by atoms with van der Waals surface area (Å²) in [4.78, 5) is 12.2. The molecule has 0 spiro atoms. The molecular formula is C15H12BrFN2O. The van der Waals surface area contributed by atoms with Gasteiger partial charge in [0.15, 0.2) is 0 Å². The molecule has 0 unspecified atom stereocenters. The zero-order valence-electron chi connectivity index (χ0n) is 10.5. The van der Waals surface area contributed by atoms with Gasteiger partial charge in [-0.2, -0.15) is 0 Å². The SMILES string of the molecule is O=C(Nc1ccc(F)cc1Br)c1ccc2c(c1)NCC2. The molecule has 2 aromatic rings. The third-order valence-electron chi connectivity index (χ3n) is 3.26. The Kier molecular flexibility index (Phi) is 3.44. The van der Waals surface area contributed by atoms with Crippen molar-refractivity contribution < 1.29 is 9.18 Å². The second kappa shape index (κ2) is 5.25. The Labute approximate surface area is 124 Å². The van der Waals surface area contributed by atoms with Gasteiger partial charge >= 0.3 is 0 Å². The van der Waals surface area contributed by atoms with Gasteiger partial charge in [-0.1, -0.05) is 6.07 Å². The summed E-state index contributed by atoms with van der Waals surface area (Å²) in [6.07, 6.45) is 0.987. The van der Waals surface area contributed by atoms with E-state index in [9.17, 15) is 9.18 Å². The number of amides is 1. The topological polar surface area (TPSA) is 41.1 Å². The molecule has 20 heavy (non-hydrogen) atoms. The molecule has 0 saturated heterocycles. The van der Waals surface area contributed by atoms with E-state index in [1.807, 2.05) is 12.1 Å². The van der Waals surface area contributed by atoms with Crippen LogP contribution in [0.4, 0.5) is 15.8 Å². The Morgan fingerprint density at radius 3 is 2.90 bits per heavy atom. The van der Waals surface area contributed by atoms with Crippen molar-refractivity contribution in [2.75, 3.05) is 17.2 Å². The van der Waals surface area contributed by atoms with Crippen LogP contribution >= 0.6 is 15.9 Å². The van der Waals surface area contributed by atoms with E-state index < -0.39 is 0 Å². The molecule has 1 aliphatic rings. The molecule has 1 heterocycles. The molecule has 0 aromatic heterocycles. The smallest absolute Gasteiger partial charge is 0.255 e. The summed E-state index contributed by atoms with van der Waals surface area (Å²) >= 11 is 3.23. The number of nitrogens with one attached hydrogen (secondary N) is 2. The number of carbonyl (C=O) groups is 1. The van der Waals surface area contributed by atoms with Crippen LogP contribution < -0.4 is 10.6 Å². The molecule has 3 rings (SSSR count). The summed E-state index contributed by atoms with van der Waals surface area (Å²) in [7, 11) is 0. The average Bonchev–Trinajstić information content (AvgIpc) is 2.89. The van der Waals surface area contributed by atoms with Crippen LogP contribution in [-0.4, -0.2) is 12.5 Å². The maximum Gasteiger partial charge on any atom is 0.255 e. The van der Waals surface area contributed by atoms with Crippen molar-refractivity contribution in [3.8, 4) is 0 Å². The van der Waals surface area contributed by atoms with E-state index in [0.29, 0.717) is 15.7 Å². The lowest BCUT2D eigenvalue weighted by Crippen LogP contribution is -2.12. The highest BCUT2D eigenvalue weighted by atomic mass is 79.9. The number of rotatable bonds is 2. The molecule has 1 aliphatic heterocycles. The highest BCUT2D eigenvalue weighted by Crippen LogP contribution is 2.26. The van der Waals surface area contributed by atoms with E-state index in [1.54, 1.807) is 6.07 Å². The predicted octanol–water partition coefficient (Wildman–Crippen LogP) is 3.81. The Bertz CT molecular complexity index is 688. The fourth-order valence-corrected chi connectivity index (χ4v) is 2.67. The number of carbonyl (C=O) groups excluding carboxylic acids is 1. The van der Waals surface area contributed by atoms with Gasteiger partial charge in [0.1, 0.15) is 5.82 Å². The van der Waals surface area contributed by atoms with Crippen molar-refractivity contribution in [1.29, 1.82) is 0 Å². The molecule has 0 aliphatic carbocycles. The van der Waals surface area contributed by atoms with Crippen LogP contribution in [0.5, 0.6) is 0 Å². The average molecular weight is 335 g/mol. The zero-order chi connectivity index (χ0) is 14.1. The minimum Gasteiger partial charge on any atom is -0.384 e. The van der Waals surface area contributed by atoms with Crippen LogP contribution in [0, 0.1) is 5.82 Å². The highest BCUT2D eigenvalue weighted by molar-refractivity contribution is 9.10. The molecule has 5 heteroatoms. The quantitative estimate of drug-likeness (QED) is 0.876. The van der Waals surface area contributed by atoms with Gasteiger partial charge in [0.05, 0.1) is 5.69 Å². The van der Waals surface area contributed by atoms with Crippen LogP contribution in [0.2, 0.25) is 0 Å². The molecule has 0 fully saturated rings. The van der Waals surface area contributed by atoms with Gasteiger partial charge in [-0.3, -0.25) is 4.79 Å². The third kappa shape index (κ3) is 2.54. The van der Waals surface area contributed by atoms with E-state index in [4.69, 9.17) is 0 Å². The number of anilines is 2. The van der Waals surface area contributed by atoms with Gasteiger partial charge in [-0.05, 0) is 58.2 Å². The third-order valence-corrected chi connectivity index (χ3v) is 3.92. The molecule has 0 radical (unpaired) electrons. The van der Waals surface area contributed by atoms with Crippen molar-refractivity contribution in [2.45, 2.75) is 6.42 Å². The summed E-state index contributed by atoms with van der Waals surface area (Å²) in [6.45, 7) is 0.907. The number of fused-ring (bicyclic) bond motifs is 1. The lowest BCUT2D eigenvalue weighted by molar-refractivity contribution is 0.102. The summed E-state index contributed by atoms with van der Waals surface area (Å²) in [5, 5.41) is 6.00. The Hall–Kier alpha value is -1.88. The first kappa shape index (κ1) is 13.1. The van der Waals surface area contributed by atoms with Crippen LogP contribution in [-0.2, 0) is 6.42 Å². The van der Waals surface area contributed by atoms with Gasteiger partial charge in [-0.15, -0.1) is 0 Å². The van der Waals surface area contributed by atoms with E-state index in [0.717, 1.165) is 18.7 Å². The normalized spacial score (nSPS) is 12.7. The lowest BCUT2D eigenvalue weighted by Gasteiger charge is -2.09. The van der Waals surface area contributed by atoms with Crippen LogP contribution in [0.15, 0.2) is 40.9 Å². The van der Waals surface area contributed by atoms with E-state index in [-0.39, 0.29) is 11.7 Å². The van der Waals surface area contributed by atoms with Gasteiger partial charge in [-0.25, -0.2) is 4.39 Å². The molecule has 2 N–H and O–H groups in total. The van der Waals surface area contributed by atoms with Crippen molar-refractivity contribution >= 4 is 33.2 Å². The van der Waals surface area contributed by atoms with Gasteiger partial charge in [0.2, 0.25) is 0 Å². The second-order valence-corrected chi connectivity index (χ2v) is 5.48. The highest BCUT2D eigenvalue weighted by Gasteiger charge is 2.14. The molecule has 3 nitrogen and oxygen atoms in total. The minimum absolute atomic E-state index is 0.214. The van der Waals surface area contributed by atoms with Crippen molar-refractivity contribution in [3.05, 3.63) is 57.8 Å². The predicted molar refractivity (Wildman–Crippen MR) is 80.7 cm³/mol. The standard InChI is InChI=1S/C15H12BrFN2O/c16-12-8-11(17)3-4-13(12)19-15(20)10-2-1-9-5-6-18-14(9)7-10/h1-4,7-8,18H,5-6H2,(H,19,20).